The first-order chi connectivity index (χ1) is 15.0. The number of carbonyl (C=O) groups is 3. The highest BCUT2D eigenvalue weighted by molar-refractivity contribution is 6.10. The molecule has 2 aliphatic carbocycles. The predicted octanol–water partition coefficient (Wildman–Crippen LogP) is 2.11. The van der Waals surface area contributed by atoms with Gasteiger partial charge in [0.05, 0.1) is 6.04 Å². The van der Waals surface area contributed by atoms with Crippen molar-refractivity contribution in [3.8, 4) is 11.4 Å². The van der Waals surface area contributed by atoms with E-state index in [9.17, 15) is 14.4 Å². The Morgan fingerprint density at radius 1 is 1.19 bits per heavy atom. The third kappa shape index (κ3) is 3.45. The number of imide groups is 1. The van der Waals surface area contributed by atoms with Crippen molar-refractivity contribution < 1.29 is 14.4 Å². The van der Waals surface area contributed by atoms with E-state index in [4.69, 9.17) is 0 Å². The van der Waals surface area contributed by atoms with Gasteiger partial charge in [-0.2, -0.15) is 0 Å². The van der Waals surface area contributed by atoms with Gasteiger partial charge in [-0.25, -0.2) is 9.48 Å². The molecule has 3 fully saturated rings. The lowest BCUT2D eigenvalue weighted by atomic mass is 9.73. The van der Waals surface area contributed by atoms with Crippen molar-refractivity contribution in [2.45, 2.75) is 57.0 Å². The molecule has 3 aliphatic rings. The van der Waals surface area contributed by atoms with Gasteiger partial charge in [0.25, 0.3) is 5.91 Å². The molecule has 4 amide bonds. The van der Waals surface area contributed by atoms with Crippen LogP contribution in [0.1, 0.15) is 51.5 Å². The number of nitrogens with zero attached hydrogens (tertiary/aromatic N) is 5. The van der Waals surface area contributed by atoms with E-state index in [-0.39, 0.29) is 18.4 Å². The summed E-state index contributed by atoms with van der Waals surface area (Å²) in [5, 5.41) is 17.5. The number of hydrogen-bond donors (Lipinski definition) is 2. The molecular weight excluding hydrogens is 398 g/mol. The third-order valence-corrected chi connectivity index (χ3v) is 6.62. The van der Waals surface area contributed by atoms with Crippen molar-refractivity contribution in [3.63, 3.8) is 0 Å². The smallest absolute Gasteiger partial charge is 0.325 e. The number of urea groups is 1. The van der Waals surface area contributed by atoms with E-state index in [0.717, 1.165) is 42.6 Å². The molecule has 31 heavy (non-hydrogen) atoms. The molecule has 5 rings (SSSR count). The van der Waals surface area contributed by atoms with Crippen LogP contribution in [0.15, 0.2) is 24.3 Å². The van der Waals surface area contributed by atoms with E-state index in [1.165, 1.54) is 0 Å². The average molecular weight is 423 g/mol. The van der Waals surface area contributed by atoms with Crippen LogP contribution in [0, 0.1) is 5.92 Å². The summed E-state index contributed by atoms with van der Waals surface area (Å²) in [6.45, 7) is 1.68. The zero-order valence-corrected chi connectivity index (χ0v) is 17.4. The minimum absolute atomic E-state index is 0.0606. The van der Waals surface area contributed by atoms with E-state index in [0.29, 0.717) is 24.0 Å². The van der Waals surface area contributed by atoms with E-state index < -0.39 is 17.5 Å². The molecule has 10 heteroatoms. The van der Waals surface area contributed by atoms with Crippen molar-refractivity contribution in [1.82, 2.24) is 30.4 Å². The Bertz CT molecular complexity index is 1030. The van der Waals surface area contributed by atoms with E-state index >= 15 is 0 Å². The lowest BCUT2D eigenvalue weighted by molar-refractivity contribution is -0.136. The zero-order chi connectivity index (χ0) is 21.6. The largest absolute Gasteiger partial charge is 0.325 e. The third-order valence-electron chi connectivity index (χ3n) is 6.62. The van der Waals surface area contributed by atoms with Gasteiger partial charge in [0.2, 0.25) is 5.91 Å². The number of amides is 4. The molecule has 0 bridgehead atoms. The summed E-state index contributed by atoms with van der Waals surface area (Å²) in [5.41, 5.74) is 0.576. The number of carbonyl (C=O) groups excluding carboxylic acids is 3. The molecule has 0 radical (unpaired) electrons. The summed E-state index contributed by atoms with van der Waals surface area (Å²) >= 11 is 0. The standard InChI is InChI=1S/C21H25N7O3/c1-13-4-2-3-11-21(13)19(30)27(20(31)23-21)12-17(29)22-15-7-5-14(6-8-15)18-24-25-26-28(18)16-9-10-16/h5-8,13,16H,2-4,9-12H2,1H3,(H,22,29)(H,23,31). The van der Waals surface area contributed by atoms with Crippen LogP contribution in [0.2, 0.25) is 0 Å². The minimum Gasteiger partial charge on any atom is -0.325 e. The SMILES string of the molecule is CC1CCCCC12NC(=O)N(CC(=O)Nc1ccc(-c3nnnn3C3CC3)cc1)C2=O. The molecule has 2 aromatic rings. The van der Waals surface area contributed by atoms with Crippen molar-refractivity contribution in [2.75, 3.05) is 11.9 Å². The lowest BCUT2D eigenvalue weighted by Crippen LogP contribution is -2.54. The molecule has 162 valence electrons. The molecule has 2 atom stereocenters. The first-order valence-electron chi connectivity index (χ1n) is 10.8. The molecule has 1 aromatic heterocycles. The Balaban J connectivity index is 1.24. The van der Waals surface area contributed by atoms with Crippen LogP contribution in [0.5, 0.6) is 0 Å². The predicted molar refractivity (Wildman–Crippen MR) is 111 cm³/mol. The second-order valence-electron chi connectivity index (χ2n) is 8.74. The van der Waals surface area contributed by atoms with Gasteiger partial charge in [-0.05, 0) is 66.3 Å². The Labute approximate surface area is 179 Å². The molecule has 1 aromatic carbocycles. The summed E-state index contributed by atoms with van der Waals surface area (Å²) in [5.74, 6) is 0.0544. The van der Waals surface area contributed by atoms with Gasteiger partial charge in [-0.15, -0.1) is 5.10 Å². The topological polar surface area (TPSA) is 122 Å². The van der Waals surface area contributed by atoms with E-state index in [1.54, 1.807) is 12.1 Å². The molecule has 1 aliphatic heterocycles. The van der Waals surface area contributed by atoms with E-state index in [2.05, 4.69) is 26.2 Å². The summed E-state index contributed by atoms with van der Waals surface area (Å²) in [7, 11) is 0. The molecule has 2 N–H and O–H groups in total. The fourth-order valence-electron chi connectivity index (χ4n) is 4.63. The molecule has 2 saturated carbocycles. The molecule has 1 saturated heterocycles. The summed E-state index contributed by atoms with van der Waals surface area (Å²) in [6.07, 6.45) is 5.62. The Hall–Kier alpha value is -3.30. The van der Waals surface area contributed by atoms with Crippen LogP contribution in [-0.4, -0.2) is 55.0 Å². The van der Waals surface area contributed by atoms with Gasteiger partial charge in [0.1, 0.15) is 12.1 Å². The second-order valence-corrected chi connectivity index (χ2v) is 8.74. The number of hydrogen-bond acceptors (Lipinski definition) is 6. The number of nitrogens with one attached hydrogen (secondary N) is 2. The first kappa shape index (κ1) is 19.7. The van der Waals surface area contributed by atoms with Crippen LogP contribution in [-0.2, 0) is 9.59 Å². The summed E-state index contributed by atoms with van der Waals surface area (Å²) in [4.78, 5) is 39.0. The summed E-state index contributed by atoms with van der Waals surface area (Å²) < 4.78 is 1.83. The van der Waals surface area contributed by atoms with Crippen LogP contribution < -0.4 is 10.6 Å². The van der Waals surface area contributed by atoms with Gasteiger partial charge >= 0.3 is 6.03 Å². The molecular formula is C21H25N7O3. The van der Waals surface area contributed by atoms with Crippen LogP contribution in [0.4, 0.5) is 10.5 Å². The second kappa shape index (κ2) is 7.44. The van der Waals surface area contributed by atoms with Crippen molar-refractivity contribution >= 4 is 23.5 Å². The van der Waals surface area contributed by atoms with Crippen molar-refractivity contribution in [2.24, 2.45) is 5.92 Å². The van der Waals surface area contributed by atoms with Gasteiger partial charge in [0.15, 0.2) is 5.82 Å². The number of rotatable bonds is 5. The number of aromatic nitrogens is 4. The maximum atomic E-state index is 13.0. The van der Waals surface area contributed by atoms with E-state index in [1.807, 2.05) is 23.7 Å². The minimum atomic E-state index is -0.858. The number of tetrazole rings is 1. The highest BCUT2D eigenvalue weighted by Gasteiger charge is 2.55. The average Bonchev–Trinajstić information content (AvgIpc) is 3.44. The lowest BCUT2D eigenvalue weighted by Gasteiger charge is -2.36. The fourth-order valence-corrected chi connectivity index (χ4v) is 4.63. The van der Waals surface area contributed by atoms with Crippen LogP contribution in [0.25, 0.3) is 11.4 Å². The Kier molecular flexibility index (Phi) is 4.71. The van der Waals surface area contributed by atoms with Crippen LogP contribution >= 0.6 is 0 Å². The fraction of sp³-hybridized carbons (Fsp3) is 0.524. The highest BCUT2D eigenvalue weighted by atomic mass is 16.2. The molecule has 1 spiro atoms. The summed E-state index contributed by atoms with van der Waals surface area (Å²) in [6, 6.07) is 7.07. The zero-order valence-electron chi connectivity index (χ0n) is 17.4. The molecule has 2 heterocycles. The van der Waals surface area contributed by atoms with Gasteiger partial charge in [0, 0.05) is 11.3 Å². The van der Waals surface area contributed by atoms with Gasteiger partial charge in [-0.3, -0.25) is 14.5 Å². The maximum Gasteiger partial charge on any atom is 0.325 e. The molecule has 10 nitrogen and oxygen atoms in total. The molecule has 2 unspecified atom stereocenters. The monoisotopic (exact) mass is 423 g/mol. The van der Waals surface area contributed by atoms with Crippen molar-refractivity contribution in [3.05, 3.63) is 24.3 Å². The Morgan fingerprint density at radius 3 is 2.68 bits per heavy atom. The highest BCUT2D eigenvalue weighted by Crippen LogP contribution is 2.38. The van der Waals surface area contributed by atoms with Gasteiger partial charge in [-0.1, -0.05) is 19.8 Å². The van der Waals surface area contributed by atoms with Gasteiger partial charge < -0.3 is 10.6 Å². The Morgan fingerprint density at radius 2 is 1.97 bits per heavy atom. The van der Waals surface area contributed by atoms with Crippen molar-refractivity contribution in [1.29, 1.82) is 0 Å². The maximum absolute atomic E-state index is 13.0. The quantitative estimate of drug-likeness (QED) is 0.711. The number of anilines is 1. The van der Waals surface area contributed by atoms with Crippen LogP contribution in [0.3, 0.4) is 0 Å². The normalized spacial score (nSPS) is 25.7. The first-order valence-corrected chi connectivity index (χ1v) is 10.8. The number of benzene rings is 1.